The molecule has 1 aliphatic heterocycles. The molecule has 0 fully saturated rings. The first-order valence-corrected chi connectivity index (χ1v) is 9.43. The topological polar surface area (TPSA) is 72.2 Å². The maximum absolute atomic E-state index is 13.0. The molecule has 28 heavy (non-hydrogen) atoms. The number of anilines is 1. The second-order valence-electron chi connectivity index (χ2n) is 7.28. The Kier molecular flexibility index (Phi) is 3.76. The van der Waals surface area contributed by atoms with Gasteiger partial charge in [0.25, 0.3) is 5.69 Å². The van der Waals surface area contributed by atoms with Gasteiger partial charge in [-0.05, 0) is 41.3 Å². The van der Waals surface area contributed by atoms with Crippen LogP contribution in [-0.2, 0) is 4.79 Å². The van der Waals surface area contributed by atoms with Crippen molar-refractivity contribution in [1.29, 1.82) is 0 Å². The molecule has 0 aromatic heterocycles. The predicted molar refractivity (Wildman–Crippen MR) is 109 cm³/mol. The summed E-state index contributed by atoms with van der Waals surface area (Å²) in [4.78, 5) is 24.3. The third-order valence-corrected chi connectivity index (χ3v) is 5.72. The van der Waals surface area contributed by atoms with Crippen LogP contribution in [0.2, 0.25) is 0 Å². The molecule has 1 atom stereocenters. The summed E-state index contributed by atoms with van der Waals surface area (Å²) in [5.74, 6) is 0.129. The Morgan fingerprint density at radius 3 is 2.61 bits per heavy atom. The van der Waals surface area contributed by atoms with Crippen molar-refractivity contribution in [3.63, 3.8) is 0 Å². The van der Waals surface area contributed by atoms with E-state index in [1.165, 1.54) is 6.07 Å². The largest absolute Gasteiger partial charge is 0.374 e. The van der Waals surface area contributed by atoms with Crippen LogP contribution in [0.5, 0.6) is 0 Å². The number of fused-ring (bicyclic) bond motifs is 4. The average Bonchev–Trinajstić information content (AvgIpc) is 2.73. The van der Waals surface area contributed by atoms with Gasteiger partial charge in [0.2, 0.25) is 0 Å². The van der Waals surface area contributed by atoms with Crippen LogP contribution in [0.1, 0.15) is 36.4 Å². The normalized spacial score (nSPS) is 18.4. The Morgan fingerprint density at radius 2 is 1.75 bits per heavy atom. The first-order valence-electron chi connectivity index (χ1n) is 9.43. The summed E-state index contributed by atoms with van der Waals surface area (Å²) in [5, 5.41) is 17.2. The minimum Gasteiger partial charge on any atom is -0.374 e. The lowest BCUT2D eigenvalue weighted by molar-refractivity contribution is -0.385. The van der Waals surface area contributed by atoms with Crippen LogP contribution in [0, 0.1) is 10.1 Å². The lowest BCUT2D eigenvalue weighted by atomic mass is 9.76. The molecule has 138 valence electrons. The molecule has 5 nitrogen and oxygen atoms in total. The van der Waals surface area contributed by atoms with E-state index in [4.69, 9.17) is 0 Å². The predicted octanol–water partition coefficient (Wildman–Crippen LogP) is 5.42. The molecule has 3 aromatic rings. The maximum atomic E-state index is 13.0. The van der Waals surface area contributed by atoms with Gasteiger partial charge in [0.15, 0.2) is 5.78 Å². The summed E-state index contributed by atoms with van der Waals surface area (Å²) in [5.41, 5.74) is 4.19. The van der Waals surface area contributed by atoms with Crippen LogP contribution in [0.25, 0.3) is 16.3 Å². The Balaban J connectivity index is 1.80. The van der Waals surface area contributed by atoms with Crippen molar-refractivity contribution in [2.45, 2.75) is 25.3 Å². The first-order chi connectivity index (χ1) is 13.6. The second-order valence-corrected chi connectivity index (χ2v) is 7.28. The summed E-state index contributed by atoms with van der Waals surface area (Å²) in [6, 6.07) is 18.5. The summed E-state index contributed by atoms with van der Waals surface area (Å²) >= 11 is 0. The van der Waals surface area contributed by atoms with Crippen LogP contribution in [0.3, 0.4) is 0 Å². The van der Waals surface area contributed by atoms with Crippen molar-refractivity contribution in [2.24, 2.45) is 0 Å². The van der Waals surface area contributed by atoms with Crippen molar-refractivity contribution >= 4 is 33.5 Å². The summed E-state index contributed by atoms with van der Waals surface area (Å²) in [6.45, 7) is 0. The molecule has 1 aliphatic carbocycles. The zero-order valence-corrected chi connectivity index (χ0v) is 15.1. The zero-order chi connectivity index (χ0) is 19.3. The number of para-hydroxylation sites is 1. The number of ketones is 1. The third-order valence-electron chi connectivity index (χ3n) is 5.72. The van der Waals surface area contributed by atoms with Gasteiger partial charge < -0.3 is 5.32 Å². The number of nitrogens with zero attached hydrogens (tertiary/aromatic N) is 1. The smallest absolute Gasteiger partial charge is 0.275 e. The van der Waals surface area contributed by atoms with E-state index >= 15 is 0 Å². The number of hydrogen-bond donors (Lipinski definition) is 1. The van der Waals surface area contributed by atoms with E-state index in [9.17, 15) is 14.9 Å². The van der Waals surface area contributed by atoms with Gasteiger partial charge in [0.05, 0.1) is 16.5 Å². The number of nitrogens with one attached hydrogen (secondary N) is 1. The molecule has 5 rings (SSSR count). The van der Waals surface area contributed by atoms with Crippen molar-refractivity contribution in [2.75, 3.05) is 5.32 Å². The van der Waals surface area contributed by atoms with Gasteiger partial charge in [0, 0.05) is 29.3 Å². The molecule has 3 aromatic carbocycles. The molecule has 0 amide bonds. The van der Waals surface area contributed by atoms with Gasteiger partial charge in [-0.15, -0.1) is 0 Å². The molecule has 0 spiro atoms. The highest BCUT2D eigenvalue weighted by molar-refractivity contribution is 6.27. The van der Waals surface area contributed by atoms with E-state index in [0.29, 0.717) is 12.0 Å². The molecule has 0 bridgehead atoms. The van der Waals surface area contributed by atoms with E-state index in [1.54, 1.807) is 12.1 Å². The molecule has 0 saturated heterocycles. The summed E-state index contributed by atoms with van der Waals surface area (Å²) in [6.07, 6.45) is 2.05. The Bertz CT molecular complexity index is 1180. The van der Waals surface area contributed by atoms with Gasteiger partial charge in [0.1, 0.15) is 0 Å². The molecule has 5 heteroatoms. The molecule has 0 radical (unpaired) electrons. The molecule has 2 aliphatic rings. The number of rotatable bonds is 2. The number of nitro benzene ring substituents is 1. The molecular weight excluding hydrogens is 352 g/mol. The van der Waals surface area contributed by atoms with Crippen molar-refractivity contribution in [3.05, 3.63) is 87.5 Å². The minimum absolute atomic E-state index is 0.0779. The van der Waals surface area contributed by atoms with Crippen LogP contribution in [0.15, 0.2) is 66.2 Å². The van der Waals surface area contributed by atoms with Crippen molar-refractivity contribution in [1.82, 2.24) is 0 Å². The number of nitro groups is 1. The fraction of sp³-hybridized carbons (Fsp3) is 0.174. The van der Waals surface area contributed by atoms with Gasteiger partial charge in [-0.1, -0.05) is 42.5 Å². The fourth-order valence-electron chi connectivity index (χ4n) is 4.52. The SMILES string of the molecule is O=C1CCCC2=C1c1c(ccc3ccccc13)N[C@@H]2c1ccccc1[N+](=O)[O-]. The monoisotopic (exact) mass is 370 g/mol. The van der Waals surface area contributed by atoms with E-state index in [0.717, 1.165) is 46.0 Å². The first kappa shape index (κ1) is 16.7. The Hall–Kier alpha value is -3.47. The standard InChI is InChI=1S/C23H18N2O3/c26-20-11-5-9-17-22(20)21-15-7-2-1-6-14(15)12-13-18(21)24-23(17)16-8-3-4-10-19(16)25(27)28/h1-4,6-8,10,12-13,23-24H,5,9,11H2/t23-/m1/s1. The number of carbonyl (C=O) groups is 1. The van der Waals surface area contributed by atoms with Crippen molar-refractivity contribution in [3.8, 4) is 0 Å². The maximum Gasteiger partial charge on any atom is 0.275 e. The van der Waals surface area contributed by atoms with Crippen LogP contribution in [0.4, 0.5) is 11.4 Å². The van der Waals surface area contributed by atoms with E-state index < -0.39 is 0 Å². The number of hydrogen-bond acceptors (Lipinski definition) is 4. The van der Waals surface area contributed by atoms with Gasteiger partial charge >= 0.3 is 0 Å². The van der Waals surface area contributed by atoms with Crippen LogP contribution in [-0.4, -0.2) is 10.7 Å². The van der Waals surface area contributed by atoms with Crippen LogP contribution >= 0.6 is 0 Å². The van der Waals surface area contributed by atoms with Gasteiger partial charge in [-0.25, -0.2) is 0 Å². The third kappa shape index (κ3) is 2.43. The Morgan fingerprint density at radius 1 is 0.964 bits per heavy atom. The quantitative estimate of drug-likeness (QED) is 0.483. The highest BCUT2D eigenvalue weighted by Gasteiger charge is 2.36. The number of carbonyl (C=O) groups excluding carboxylic acids is 1. The Labute approximate surface area is 161 Å². The fourth-order valence-corrected chi connectivity index (χ4v) is 4.52. The minimum atomic E-state index is -0.366. The van der Waals surface area contributed by atoms with Crippen molar-refractivity contribution < 1.29 is 9.72 Å². The number of benzene rings is 3. The summed E-state index contributed by atoms with van der Waals surface area (Å²) in [7, 11) is 0. The van der Waals surface area contributed by atoms with Crippen LogP contribution < -0.4 is 5.32 Å². The average molecular weight is 370 g/mol. The van der Waals surface area contributed by atoms with Gasteiger partial charge in [-0.2, -0.15) is 0 Å². The molecular formula is C23H18N2O3. The number of Topliss-reactive ketones (excluding diaryl/α,β-unsaturated/α-hetero) is 1. The molecule has 0 saturated carbocycles. The highest BCUT2D eigenvalue weighted by Crippen LogP contribution is 2.48. The molecule has 0 unspecified atom stereocenters. The van der Waals surface area contributed by atoms with Gasteiger partial charge in [-0.3, -0.25) is 14.9 Å². The highest BCUT2D eigenvalue weighted by atomic mass is 16.6. The molecule has 1 heterocycles. The van der Waals surface area contributed by atoms with E-state index in [2.05, 4.69) is 5.32 Å². The number of allylic oxidation sites excluding steroid dienone is 1. The summed E-state index contributed by atoms with van der Waals surface area (Å²) < 4.78 is 0. The lowest BCUT2D eigenvalue weighted by Gasteiger charge is -2.35. The zero-order valence-electron chi connectivity index (χ0n) is 15.1. The van der Waals surface area contributed by atoms with E-state index in [1.807, 2.05) is 42.5 Å². The second kappa shape index (κ2) is 6.30. The lowest BCUT2D eigenvalue weighted by Crippen LogP contribution is -2.26. The molecule has 1 N–H and O–H groups in total. The van der Waals surface area contributed by atoms with E-state index in [-0.39, 0.29) is 22.4 Å².